The van der Waals surface area contributed by atoms with Gasteiger partial charge in [-0.1, -0.05) is 60.7 Å². The quantitative estimate of drug-likeness (QED) is 0.624. The molecule has 1 saturated heterocycles. The van der Waals surface area contributed by atoms with Crippen LogP contribution in [0.4, 0.5) is 0 Å². The highest BCUT2D eigenvalue weighted by atomic mass is 32.1. The molecule has 2 heterocycles. The van der Waals surface area contributed by atoms with Crippen LogP contribution in [0.5, 0.6) is 0 Å². The summed E-state index contributed by atoms with van der Waals surface area (Å²) < 4.78 is 0. The van der Waals surface area contributed by atoms with E-state index in [1.54, 1.807) is 0 Å². The third-order valence-corrected chi connectivity index (χ3v) is 6.80. The van der Waals surface area contributed by atoms with Gasteiger partial charge in [0.15, 0.2) is 0 Å². The average molecular weight is 420 g/mol. The molecule has 156 valence electrons. The normalized spacial score (nSPS) is 15.4. The molecule has 2 aromatic carbocycles. The number of nitrogens with one attached hydrogen (secondary N) is 1. The van der Waals surface area contributed by atoms with Crippen molar-refractivity contribution in [2.24, 2.45) is 0 Å². The number of amides is 1. The monoisotopic (exact) mass is 419 g/mol. The highest BCUT2D eigenvalue weighted by Gasteiger charge is 2.26. The predicted molar refractivity (Wildman–Crippen MR) is 124 cm³/mol. The largest absolute Gasteiger partial charge is 0.350 e. The van der Waals surface area contributed by atoms with E-state index in [1.807, 2.05) is 18.4 Å². The van der Waals surface area contributed by atoms with Crippen molar-refractivity contribution >= 4 is 17.2 Å². The Bertz CT molecular complexity index is 894. The van der Waals surface area contributed by atoms with Crippen LogP contribution < -0.4 is 5.32 Å². The van der Waals surface area contributed by atoms with Gasteiger partial charge in [-0.15, -0.1) is 11.3 Å². The summed E-state index contributed by atoms with van der Waals surface area (Å²) in [5.74, 6) is 0.0503. The Morgan fingerprint density at radius 3 is 2.07 bits per heavy atom. The molecule has 1 amide bonds. The lowest BCUT2D eigenvalue weighted by Crippen LogP contribution is -2.49. The van der Waals surface area contributed by atoms with Gasteiger partial charge in [-0.2, -0.15) is 0 Å². The lowest BCUT2D eigenvalue weighted by molar-refractivity contribution is 0.0924. The molecule has 30 heavy (non-hydrogen) atoms. The molecule has 4 nitrogen and oxygen atoms in total. The summed E-state index contributed by atoms with van der Waals surface area (Å²) in [5.41, 5.74) is 3.74. The fourth-order valence-electron chi connectivity index (χ4n) is 4.14. The first-order valence-electron chi connectivity index (χ1n) is 10.6. The van der Waals surface area contributed by atoms with Crippen LogP contribution in [0.2, 0.25) is 0 Å². The molecule has 4 rings (SSSR count). The Hall–Kier alpha value is -2.47. The van der Waals surface area contributed by atoms with Crippen LogP contribution in [0.1, 0.15) is 32.4 Å². The molecule has 1 aromatic heterocycles. The Morgan fingerprint density at radius 2 is 1.53 bits per heavy atom. The molecular weight excluding hydrogens is 390 g/mol. The molecule has 1 fully saturated rings. The van der Waals surface area contributed by atoms with Crippen molar-refractivity contribution in [3.63, 3.8) is 0 Å². The maximum absolute atomic E-state index is 12.3. The minimum Gasteiger partial charge on any atom is -0.350 e. The third kappa shape index (κ3) is 4.98. The van der Waals surface area contributed by atoms with E-state index < -0.39 is 0 Å². The number of carbonyl (C=O) groups excluding carboxylic acids is 1. The zero-order valence-corrected chi connectivity index (χ0v) is 18.3. The summed E-state index contributed by atoms with van der Waals surface area (Å²) in [6, 6.07) is 23.9. The molecule has 1 aliphatic heterocycles. The summed E-state index contributed by atoms with van der Waals surface area (Å²) >= 11 is 1.51. The molecule has 0 atom stereocenters. The number of piperazine rings is 1. The molecule has 3 aromatic rings. The number of benzene rings is 2. The van der Waals surface area contributed by atoms with Gasteiger partial charge in [-0.05, 0) is 35.1 Å². The van der Waals surface area contributed by atoms with Crippen molar-refractivity contribution in [2.75, 3.05) is 39.3 Å². The van der Waals surface area contributed by atoms with E-state index >= 15 is 0 Å². The van der Waals surface area contributed by atoms with Crippen molar-refractivity contribution < 1.29 is 4.79 Å². The maximum Gasteiger partial charge on any atom is 0.261 e. The third-order valence-electron chi connectivity index (χ3n) is 5.78. The average Bonchev–Trinajstić information content (AvgIpc) is 3.22. The van der Waals surface area contributed by atoms with Crippen molar-refractivity contribution in [3.05, 3.63) is 93.7 Å². The summed E-state index contributed by atoms with van der Waals surface area (Å²) in [7, 11) is 0. The second-order valence-electron chi connectivity index (χ2n) is 7.79. The lowest BCUT2D eigenvalue weighted by Gasteiger charge is -2.39. The zero-order chi connectivity index (χ0) is 20.8. The second kappa shape index (κ2) is 10.0. The first kappa shape index (κ1) is 20.8. The molecule has 0 radical (unpaired) electrons. The van der Waals surface area contributed by atoms with E-state index in [9.17, 15) is 4.79 Å². The summed E-state index contributed by atoms with van der Waals surface area (Å²) in [5, 5.41) is 5.05. The SMILES string of the molecule is Cc1ccsc1C(=O)NCCN1CCN(C(c2ccccc2)c2ccccc2)CC1. The number of aryl methyl sites for hydroxylation is 1. The molecule has 5 heteroatoms. The van der Waals surface area contributed by atoms with Gasteiger partial charge in [-0.25, -0.2) is 0 Å². The predicted octanol–water partition coefficient (Wildman–Crippen LogP) is 4.19. The molecule has 0 unspecified atom stereocenters. The van der Waals surface area contributed by atoms with Crippen LogP contribution in [-0.4, -0.2) is 55.0 Å². The second-order valence-corrected chi connectivity index (χ2v) is 8.71. The fraction of sp³-hybridized carbons (Fsp3) is 0.320. The summed E-state index contributed by atoms with van der Waals surface area (Å²) in [6.45, 7) is 7.65. The first-order valence-corrected chi connectivity index (χ1v) is 11.5. The molecular formula is C25H29N3OS. The van der Waals surface area contributed by atoms with E-state index in [4.69, 9.17) is 0 Å². The minimum atomic E-state index is 0.0503. The van der Waals surface area contributed by atoms with Crippen LogP contribution in [0, 0.1) is 6.92 Å². The molecule has 1 aliphatic rings. The summed E-state index contributed by atoms with van der Waals surface area (Å²) in [6.07, 6.45) is 0. The van der Waals surface area contributed by atoms with Gasteiger partial charge in [-0.3, -0.25) is 14.6 Å². The van der Waals surface area contributed by atoms with Gasteiger partial charge >= 0.3 is 0 Å². The van der Waals surface area contributed by atoms with E-state index in [2.05, 4.69) is 75.8 Å². The van der Waals surface area contributed by atoms with Gasteiger partial charge in [0.05, 0.1) is 10.9 Å². The number of hydrogen-bond donors (Lipinski definition) is 1. The molecule has 0 bridgehead atoms. The maximum atomic E-state index is 12.3. The van der Waals surface area contributed by atoms with Gasteiger partial charge in [0.1, 0.15) is 0 Å². The van der Waals surface area contributed by atoms with Crippen LogP contribution in [0.25, 0.3) is 0 Å². The standard InChI is InChI=1S/C25H29N3OS/c1-20-12-19-30-24(20)25(29)26-13-14-27-15-17-28(18-16-27)23(21-8-4-2-5-9-21)22-10-6-3-7-11-22/h2-12,19,23H,13-18H2,1H3,(H,26,29). The topological polar surface area (TPSA) is 35.6 Å². The fourth-order valence-corrected chi connectivity index (χ4v) is 4.98. The number of thiophene rings is 1. The minimum absolute atomic E-state index is 0.0503. The van der Waals surface area contributed by atoms with Crippen molar-refractivity contribution in [3.8, 4) is 0 Å². The molecule has 0 aliphatic carbocycles. The Labute approximate surface area is 183 Å². The Kier molecular flexibility index (Phi) is 6.95. The molecule has 0 spiro atoms. The van der Waals surface area contributed by atoms with Crippen molar-refractivity contribution in [2.45, 2.75) is 13.0 Å². The Balaban J connectivity index is 1.32. The van der Waals surface area contributed by atoms with E-state index in [0.717, 1.165) is 43.2 Å². The van der Waals surface area contributed by atoms with Crippen LogP contribution >= 0.6 is 11.3 Å². The van der Waals surface area contributed by atoms with Crippen LogP contribution in [0.3, 0.4) is 0 Å². The molecule has 0 saturated carbocycles. The smallest absolute Gasteiger partial charge is 0.261 e. The number of rotatable bonds is 7. The first-order chi connectivity index (χ1) is 14.7. The van der Waals surface area contributed by atoms with Crippen molar-refractivity contribution in [1.29, 1.82) is 0 Å². The Morgan fingerprint density at radius 1 is 0.933 bits per heavy atom. The summed E-state index contributed by atoms with van der Waals surface area (Å²) in [4.78, 5) is 18.2. The van der Waals surface area contributed by atoms with Crippen LogP contribution in [-0.2, 0) is 0 Å². The number of nitrogens with zero attached hydrogens (tertiary/aromatic N) is 2. The van der Waals surface area contributed by atoms with E-state index in [1.165, 1.54) is 22.5 Å². The number of hydrogen-bond acceptors (Lipinski definition) is 4. The number of carbonyl (C=O) groups is 1. The van der Waals surface area contributed by atoms with Gasteiger partial charge in [0, 0.05) is 39.3 Å². The highest BCUT2D eigenvalue weighted by molar-refractivity contribution is 7.12. The van der Waals surface area contributed by atoms with E-state index in [0.29, 0.717) is 6.54 Å². The van der Waals surface area contributed by atoms with Gasteiger partial charge < -0.3 is 5.32 Å². The van der Waals surface area contributed by atoms with Crippen LogP contribution in [0.15, 0.2) is 72.1 Å². The van der Waals surface area contributed by atoms with E-state index in [-0.39, 0.29) is 11.9 Å². The lowest BCUT2D eigenvalue weighted by atomic mass is 9.96. The van der Waals surface area contributed by atoms with Gasteiger partial charge in [0.2, 0.25) is 0 Å². The van der Waals surface area contributed by atoms with Gasteiger partial charge in [0.25, 0.3) is 5.91 Å². The molecule has 1 N–H and O–H groups in total. The zero-order valence-electron chi connectivity index (χ0n) is 17.5. The van der Waals surface area contributed by atoms with Crippen molar-refractivity contribution in [1.82, 2.24) is 15.1 Å². The highest BCUT2D eigenvalue weighted by Crippen LogP contribution is 2.29.